The maximum absolute atomic E-state index is 5.23. The molecule has 4 fully saturated rings. The van der Waals surface area contributed by atoms with Gasteiger partial charge in [-0.3, -0.25) is 4.98 Å². The van der Waals surface area contributed by atoms with Crippen LogP contribution in [0.15, 0.2) is 170 Å². The van der Waals surface area contributed by atoms with E-state index >= 15 is 0 Å². The minimum absolute atomic E-state index is 0.111. The van der Waals surface area contributed by atoms with Crippen LogP contribution in [0.5, 0.6) is 0 Å². The zero-order chi connectivity index (χ0) is 39.7. The van der Waals surface area contributed by atoms with E-state index in [2.05, 4.69) is 183 Å². The molecule has 1 heterocycles. The van der Waals surface area contributed by atoms with Gasteiger partial charge in [0.1, 0.15) is 0 Å². The molecule has 7 aromatic carbocycles. The van der Waals surface area contributed by atoms with Gasteiger partial charge >= 0.3 is 0 Å². The number of para-hydroxylation sites is 1. The number of benzene rings is 7. The van der Waals surface area contributed by atoms with Crippen LogP contribution in [0.1, 0.15) is 68.2 Å². The van der Waals surface area contributed by atoms with Crippen molar-refractivity contribution >= 4 is 28.0 Å². The summed E-state index contributed by atoms with van der Waals surface area (Å²) >= 11 is 0. The summed E-state index contributed by atoms with van der Waals surface area (Å²) in [7, 11) is 0. The van der Waals surface area contributed by atoms with Gasteiger partial charge in [0.25, 0.3) is 0 Å². The second-order valence-electron chi connectivity index (χ2n) is 19.1. The molecule has 6 aliphatic rings. The summed E-state index contributed by atoms with van der Waals surface area (Å²) in [6.07, 6.45) is 9.10. The van der Waals surface area contributed by atoms with E-state index in [1.54, 1.807) is 11.1 Å². The zero-order valence-electron chi connectivity index (χ0n) is 34.4. The third kappa shape index (κ3) is 4.68. The van der Waals surface area contributed by atoms with Crippen LogP contribution in [0.4, 0.5) is 17.1 Å². The lowest BCUT2D eigenvalue weighted by Crippen LogP contribution is -2.55. The smallest absolute Gasteiger partial charge is 0.0801 e. The molecule has 1 spiro atoms. The highest BCUT2D eigenvalue weighted by atomic mass is 15.1. The number of aromatic nitrogens is 1. The first-order valence-electron chi connectivity index (χ1n) is 22.3. The van der Waals surface area contributed by atoms with Crippen LogP contribution in [-0.2, 0) is 10.8 Å². The number of fused-ring (bicyclic) bond motifs is 7. The number of pyridine rings is 1. The molecule has 60 heavy (non-hydrogen) atoms. The van der Waals surface area contributed by atoms with Gasteiger partial charge in [-0.2, -0.15) is 0 Å². The van der Waals surface area contributed by atoms with Gasteiger partial charge in [0, 0.05) is 39.2 Å². The van der Waals surface area contributed by atoms with Gasteiger partial charge in [0.05, 0.1) is 16.9 Å². The maximum Gasteiger partial charge on any atom is 0.0801 e. The Bertz CT molecular complexity index is 3000. The van der Waals surface area contributed by atoms with E-state index < -0.39 is 0 Å². The Morgan fingerprint density at radius 2 is 1.08 bits per heavy atom. The van der Waals surface area contributed by atoms with Crippen LogP contribution in [0.3, 0.4) is 0 Å². The Morgan fingerprint density at radius 1 is 0.467 bits per heavy atom. The van der Waals surface area contributed by atoms with Crippen molar-refractivity contribution < 1.29 is 0 Å². The number of anilines is 3. The van der Waals surface area contributed by atoms with Crippen molar-refractivity contribution in [1.82, 2.24) is 4.98 Å². The highest BCUT2D eigenvalue weighted by Crippen LogP contribution is 2.69. The van der Waals surface area contributed by atoms with Gasteiger partial charge in [-0.1, -0.05) is 147 Å². The Labute approximate surface area is 353 Å². The minimum atomic E-state index is -0.111. The van der Waals surface area contributed by atoms with Gasteiger partial charge in [0.15, 0.2) is 0 Å². The Morgan fingerprint density at radius 3 is 1.87 bits per heavy atom. The van der Waals surface area contributed by atoms with E-state index in [-0.39, 0.29) is 10.8 Å². The van der Waals surface area contributed by atoms with Crippen molar-refractivity contribution in [2.75, 3.05) is 4.90 Å². The van der Waals surface area contributed by atoms with Crippen LogP contribution in [0, 0.1) is 23.7 Å². The lowest BCUT2D eigenvalue weighted by molar-refractivity contribution is -0.0399. The molecule has 2 heteroatoms. The summed E-state index contributed by atoms with van der Waals surface area (Å²) < 4.78 is 0. The van der Waals surface area contributed by atoms with Crippen LogP contribution in [0.2, 0.25) is 0 Å². The normalized spacial score (nSPS) is 23.4. The Balaban J connectivity index is 0.993. The Hall–Kier alpha value is -6.25. The molecule has 0 radical (unpaired) electrons. The van der Waals surface area contributed by atoms with Gasteiger partial charge < -0.3 is 4.90 Å². The number of nitrogens with zero attached hydrogens (tertiary/aromatic N) is 2. The van der Waals surface area contributed by atoms with Crippen LogP contribution in [0.25, 0.3) is 55.4 Å². The second-order valence-corrected chi connectivity index (χ2v) is 19.1. The summed E-state index contributed by atoms with van der Waals surface area (Å²) in [5.41, 5.74) is 20.9. The molecule has 0 aliphatic heterocycles. The molecule has 0 unspecified atom stereocenters. The zero-order valence-corrected chi connectivity index (χ0v) is 34.4. The largest absolute Gasteiger partial charge is 0.309 e. The van der Waals surface area contributed by atoms with Crippen molar-refractivity contribution in [1.29, 1.82) is 0 Å². The SMILES string of the molecule is CC1(C)c2ccccc2-c2c(N(c3ccc(-c4ccccc4)cc3)c3ccnc4c(-c5ccc6c(c5)-c5ccccc5C65C6CC7CC(C6)CC5C7)cccc34)cccc21. The fraction of sp³-hybridized carbons (Fsp3) is 0.224. The van der Waals surface area contributed by atoms with Crippen molar-refractivity contribution in [3.63, 3.8) is 0 Å². The van der Waals surface area contributed by atoms with Gasteiger partial charge in [-0.05, 0) is 142 Å². The van der Waals surface area contributed by atoms with E-state index in [0.717, 1.165) is 45.9 Å². The molecule has 6 aliphatic carbocycles. The molecule has 4 saturated carbocycles. The predicted octanol–water partition coefficient (Wildman–Crippen LogP) is 15.1. The van der Waals surface area contributed by atoms with E-state index in [1.165, 1.54) is 93.4 Å². The summed E-state index contributed by atoms with van der Waals surface area (Å²) in [6.45, 7) is 4.74. The summed E-state index contributed by atoms with van der Waals surface area (Å²) in [6, 6.07) is 61.7. The first kappa shape index (κ1) is 34.6. The standard InChI is InChI=1S/C58H48N2/c1-57(2)49-18-8-7-15-46(49)55-52(57)20-11-21-54(55)60(43-25-22-39(23-26-43)38-12-4-3-5-13-38)53-28-29-59-56-44(16-10-17-47(53)56)40-24-27-51-48(35-40)45-14-6-9-19-50(45)58(51)41-31-36-30-37(33-41)34-42(58)32-36/h3-29,35-37,41-42H,30-34H2,1-2H3. The van der Waals surface area contributed by atoms with Crippen LogP contribution in [-0.4, -0.2) is 4.98 Å². The molecule has 0 N–H and O–H groups in total. The topological polar surface area (TPSA) is 16.1 Å². The predicted molar refractivity (Wildman–Crippen MR) is 248 cm³/mol. The molecule has 0 saturated heterocycles. The minimum Gasteiger partial charge on any atom is -0.309 e. The average molecular weight is 773 g/mol. The average Bonchev–Trinajstić information content (AvgIpc) is 3.71. The van der Waals surface area contributed by atoms with E-state index in [0.29, 0.717) is 0 Å². The van der Waals surface area contributed by atoms with Crippen LogP contribution < -0.4 is 4.90 Å². The molecule has 4 bridgehead atoms. The first-order chi connectivity index (χ1) is 29.5. The summed E-state index contributed by atoms with van der Waals surface area (Å²) in [4.78, 5) is 7.72. The van der Waals surface area contributed by atoms with Gasteiger partial charge in [0.2, 0.25) is 0 Å². The molecule has 1 aromatic heterocycles. The van der Waals surface area contributed by atoms with Crippen molar-refractivity contribution in [2.45, 2.75) is 56.8 Å². The van der Waals surface area contributed by atoms with Crippen molar-refractivity contribution in [2.24, 2.45) is 23.7 Å². The molecule has 0 amide bonds. The third-order valence-corrected chi connectivity index (χ3v) is 15.9. The van der Waals surface area contributed by atoms with E-state index in [1.807, 2.05) is 6.20 Å². The van der Waals surface area contributed by atoms with Gasteiger partial charge in [-0.15, -0.1) is 0 Å². The lowest BCUT2D eigenvalue weighted by Gasteiger charge is -2.61. The number of hydrogen-bond donors (Lipinski definition) is 0. The van der Waals surface area contributed by atoms with E-state index in [4.69, 9.17) is 4.98 Å². The Kier molecular flexibility index (Phi) is 7.28. The second kappa shape index (κ2) is 12.6. The van der Waals surface area contributed by atoms with E-state index in [9.17, 15) is 0 Å². The molecule has 8 aromatic rings. The van der Waals surface area contributed by atoms with Crippen LogP contribution >= 0.6 is 0 Å². The first-order valence-corrected chi connectivity index (χ1v) is 22.3. The molecular weight excluding hydrogens is 725 g/mol. The molecule has 14 rings (SSSR count). The summed E-state index contributed by atoms with van der Waals surface area (Å²) in [5, 5.41) is 1.14. The maximum atomic E-state index is 5.23. The van der Waals surface area contributed by atoms with Crippen molar-refractivity contribution in [3.8, 4) is 44.5 Å². The quantitative estimate of drug-likeness (QED) is 0.173. The van der Waals surface area contributed by atoms with Crippen molar-refractivity contribution in [3.05, 3.63) is 192 Å². The monoisotopic (exact) mass is 772 g/mol. The molecular formula is C58H48N2. The third-order valence-electron chi connectivity index (χ3n) is 15.9. The fourth-order valence-electron chi connectivity index (χ4n) is 13.7. The highest BCUT2D eigenvalue weighted by molar-refractivity contribution is 6.06. The molecule has 0 atom stereocenters. The van der Waals surface area contributed by atoms with Gasteiger partial charge in [-0.25, -0.2) is 0 Å². The summed E-state index contributed by atoms with van der Waals surface area (Å²) in [5.74, 6) is 3.38. The molecule has 290 valence electrons. The highest BCUT2D eigenvalue weighted by Gasteiger charge is 2.61. The number of hydrogen-bond acceptors (Lipinski definition) is 2. The lowest BCUT2D eigenvalue weighted by atomic mass is 9.43. The number of rotatable bonds is 5. The fourth-order valence-corrected chi connectivity index (χ4v) is 13.7. The molecule has 2 nitrogen and oxygen atoms in total.